The van der Waals surface area contributed by atoms with Crippen LogP contribution < -0.4 is 11.0 Å². The molecule has 0 saturated carbocycles. The van der Waals surface area contributed by atoms with Crippen molar-refractivity contribution in [1.82, 2.24) is 19.7 Å². The highest BCUT2D eigenvalue weighted by Gasteiger charge is 2.24. The highest BCUT2D eigenvalue weighted by Crippen LogP contribution is 2.23. The Morgan fingerprint density at radius 3 is 2.33 bits per heavy atom. The van der Waals surface area contributed by atoms with Crippen LogP contribution >= 0.6 is 0 Å². The van der Waals surface area contributed by atoms with Crippen molar-refractivity contribution in [3.05, 3.63) is 87.9 Å². The second-order valence-electron chi connectivity index (χ2n) is 7.02. The molecule has 1 aliphatic rings. The molecule has 1 aliphatic heterocycles. The first-order valence-electron chi connectivity index (χ1n) is 9.37. The Morgan fingerprint density at radius 1 is 0.963 bits per heavy atom. The number of rotatable bonds is 5. The van der Waals surface area contributed by atoms with Crippen molar-refractivity contribution < 1.29 is 4.39 Å². The molecule has 140 valence electrons. The number of hydrogen-bond donors (Lipinski definition) is 1. The topological polar surface area (TPSA) is 51.9 Å². The van der Waals surface area contributed by atoms with Crippen molar-refractivity contribution in [2.24, 2.45) is 0 Å². The van der Waals surface area contributed by atoms with Crippen LogP contribution in [-0.2, 0) is 13.1 Å². The summed E-state index contributed by atoms with van der Waals surface area (Å²) in [6.07, 6.45) is 1.95. The lowest BCUT2D eigenvalue weighted by Crippen LogP contribution is -2.30. The Labute approximate surface area is 157 Å². The third-order valence-electron chi connectivity index (χ3n) is 5.08. The van der Waals surface area contributed by atoms with Gasteiger partial charge in [-0.3, -0.25) is 4.57 Å². The second-order valence-corrected chi connectivity index (χ2v) is 7.02. The molecule has 1 saturated heterocycles. The number of halogens is 1. The Bertz CT molecular complexity index is 941. The number of piperidine rings is 1. The lowest BCUT2D eigenvalue weighted by atomic mass is 9.97. The minimum atomic E-state index is -0.281. The quantitative estimate of drug-likeness (QED) is 0.755. The lowest BCUT2D eigenvalue weighted by Gasteiger charge is -2.22. The molecule has 2 aromatic carbocycles. The molecular weight excluding hydrogens is 343 g/mol. The maximum absolute atomic E-state index is 13.2. The maximum atomic E-state index is 13.2. The molecule has 6 heteroatoms. The number of hydrogen-bond acceptors (Lipinski definition) is 3. The molecule has 0 radical (unpaired) electrons. The van der Waals surface area contributed by atoms with Gasteiger partial charge in [0.05, 0.1) is 13.1 Å². The summed E-state index contributed by atoms with van der Waals surface area (Å²) in [6, 6.07) is 16.2. The standard InChI is InChI=1S/C21H23FN4O/c22-19-8-6-17(7-9-19)15-26-21(27)25(14-16-4-2-1-3-5-16)20(24-26)18-10-12-23-13-11-18/h1-9,18,23H,10-15H2. The Balaban J connectivity index is 1.69. The normalized spacial score (nSPS) is 15.1. The van der Waals surface area contributed by atoms with Gasteiger partial charge >= 0.3 is 5.69 Å². The van der Waals surface area contributed by atoms with E-state index in [4.69, 9.17) is 5.10 Å². The summed E-state index contributed by atoms with van der Waals surface area (Å²) in [5, 5.41) is 8.06. The van der Waals surface area contributed by atoms with Crippen molar-refractivity contribution in [3.8, 4) is 0 Å². The number of benzene rings is 2. The fourth-order valence-corrected chi connectivity index (χ4v) is 3.62. The van der Waals surface area contributed by atoms with E-state index in [1.807, 2.05) is 30.3 Å². The van der Waals surface area contributed by atoms with Crippen LogP contribution in [0.4, 0.5) is 4.39 Å². The van der Waals surface area contributed by atoms with Gasteiger partial charge in [0.15, 0.2) is 0 Å². The van der Waals surface area contributed by atoms with Crippen LogP contribution in [-0.4, -0.2) is 27.4 Å². The van der Waals surface area contributed by atoms with Crippen LogP contribution in [0.3, 0.4) is 0 Å². The average molecular weight is 366 g/mol. The monoisotopic (exact) mass is 366 g/mol. The second kappa shape index (κ2) is 7.88. The lowest BCUT2D eigenvalue weighted by molar-refractivity contribution is 0.430. The van der Waals surface area contributed by atoms with Crippen LogP contribution in [0.25, 0.3) is 0 Å². The van der Waals surface area contributed by atoms with Crippen molar-refractivity contribution in [3.63, 3.8) is 0 Å². The van der Waals surface area contributed by atoms with Crippen LogP contribution in [0, 0.1) is 5.82 Å². The van der Waals surface area contributed by atoms with Crippen molar-refractivity contribution in [2.75, 3.05) is 13.1 Å². The SMILES string of the molecule is O=c1n(Cc2ccc(F)cc2)nc(C2CCNCC2)n1Cc1ccccc1. The first-order valence-corrected chi connectivity index (χ1v) is 9.37. The summed E-state index contributed by atoms with van der Waals surface area (Å²) < 4.78 is 16.5. The van der Waals surface area contributed by atoms with E-state index in [-0.39, 0.29) is 17.4 Å². The molecule has 2 heterocycles. The molecule has 0 aliphatic carbocycles. The molecule has 0 unspecified atom stereocenters. The van der Waals surface area contributed by atoms with Gasteiger partial charge in [0, 0.05) is 5.92 Å². The summed E-state index contributed by atoms with van der Waals surface area (Å²) in [6.45, 7) is 2.74. The Hall–Kier alpha value is -2.73. The largest absolute Gasteiger partial charge is 0.346 e. The molecule has 0 spiro atoms. The minimum Gasteiger partial charge on any atom is -0.317 e. The van der Waals surface area contributed by atoms with Gasteiger partial charge in [-0.25, -0.2) is 13.9 Å². The van der Waals surface area contributed by atoms with Crippen LogP contribution in [0.2, 0.25) is 0 Å². The molecule has 1 fully saturated rings. The summed E-state index contributed by atoms with van der Waals surface area (Å²) in [5.74, 6) is 0.848. The predicted octanol–water partition coefficient (Wildman–Crippen LogP) is 2.75. The van der Waals surface area contributed by atoms with Crippen LogP contribution in [0.5, 0.6) is 0 Å². The smallest absolute Gasteiger partial charge is 0.317 e. The maximum Gasteiger partial charge on any atom is 0.346 e. The summed E-state index contributed by atoms with van der Waals surface area (Å²) in [7, 11) is 0. The molecule has 0 atom stereocenters. The van der Waals surface area contributed by atoms with Crippen molar-refractivity contribution in [1.29, 1.82) is 0 Å². The fraction of sp³-hybridized carbons (Fsp3) is 0.333. The van der Waals surface area contributed by atoms with E-state index >= 15 is 0 Å². The molecule has 1 aromatic heterocycles. The molecule has 4 rings (SSSR count). The first-order chi connectivity index (χ1) is 13.2. The van der Waals surface area contributed by atoms with Crippen molar-refractivity contribution in [2.45, 2.75) is 31.8 Å². The van der Waals surface area contributed by atoms with E-state index in [1.54, 1.807) is 16.7 Å². The molecule has 0 amide bonds. The van der Waals surface area contributed by atoms with Gasteiger partial charge in [-0.1, -0.05) is 42.5 Å². The first kappa shape index (κ1) is 17.7. The van der Waals surface area contributed by atoms with E-state index in [9.17, 15) is 9.18 Å². The average Bonchev–Trinajstić information content (AvgIpc) is 3.01. The van der Waals surface area contributed by atoms with Gasteiger partial charge in [0.2, 0.25) is 0 Å². The molecular formula is C21H23FN4O. The van der Waals surface area contributed by atoms with Gasteiger partial charge in [-0.15, -0.1) is 0 Å². The fourth-order valence-electron chi connectivity index (χ4n) is 3.62. The molecule has 5 nitrogen and oxygen atoms in total. The predicted molar refractivity (Wildman–Crippen MR) is 102 cm³/mol. The van der Waals surface area contributed by atoms with Crippen LogP contribution in [0.1, 0.15) is 35.7 Å². The Kier molecular flexibility index (Phi) is 5.16. The minimum absolute atomic E-state index is 0.114. The summed E-state index contributed by atoms with van der Waals surface area (Å²) in [4.78, 5) is 13.1. The Morgan fingerprint density at radius 2 is 1.63 bits per heavy atom. The number of aromatic nitrogens is 3. The number of nitrogens with zero attached hydrogens (tertiary/aromatic N) is 3. The van der Waals surface area contributed by atoms with Gasteiger partial charge in [-0.05, 0) is 49.2 Å². The van der Waals surface area contributed by atoms with Crippen molar-refractivity contribution >= 4 is 0 Å². The zero-order chi connectivity index (χ0) is 18.6. The highest BCUT2D eigenvalue weighted by molar-refractivity contribution is 5.18. The zero-order valence-corrected chi connectivity index (χ0v) is 15.1. The van der Waals surface area contributed by atoms with E-state index in [2.05, 4.69) is 5.32 Å². The van der Waals surface area contributed by atoms with Gasteiger partial charge < -0.3 is 5.32 Å². The third-order valence-corrected chi connectivity index (χ3v) is 5.08. The van der Waals surface area contributed by atoms with E-state index in [0.29, 0.717) is 13.1 Å². The molecule has 27 heavy (non-hydrogen) atoms. The molecule has 3 aromatic rings. The van der Waals surface area contributed by atoms with E-state index < -0.39 is 0 Å². The van der Waals surface area contributed by atoms with Gasteiger partial charge in [0.25, 0.3) is 0 Å². The summed E-state index contributed by atoms with van der Waals surface area (Å²) >= 11 is 0. The zero-order valence-electron chi connectivity index (χ0n) is 15.1. The van der Waals surface area contributed by atoms with Gasteiger partial charge in [0.1, 0.15) is 11.6 Å². The third kappa shape index (κ3) is 4.01. The van der Waals surface area contributed by atoms with E-state index in [0.717, 1.165) is 42.9 Å². The van der Waals surface area contributed by atoms with E-state index in [1.165, 1.54) is 16.8 Å². The number of nitrogens with one attached hydrogen (secondary N) is 1. The van der Waals surface area contributed by atoms with Crippen LogP contribution in [0.15, 0.2) is 59.4 Å². The summed E-state index contributed by atoms with van der Waals surface area (Å²) in [5.41, 5.74) is 1.83. The van der Waals surface area contributed by atoms with Gasteiger partial charge in [-0.2, -0.15) is 5.10 Å². The molecule has 0 bridgehead atoms. The molecule has 1 N–H and O–H groups in total. The highest BCUT2D eigenvalue weighted by atomic mass is 19.1.